The van der Waals surface area contributed by atoms with E-state index in [1.807, 2.05) is 20.8 Å². The molecule has 0 aromatic heterocycles. The lowest BCUT2D eigenvalue weighted by Crippen LogP contribution is -2.70. The van der Waals surface area contributed by atoms with E-state index < -0.39 is 11.6 Å². The summed E-state index contributed by atoms with van der Waals surface area (Å²) >= 11 is 0. The van der Waals surface area contributed by atoms with E-state index in [1.165, 1.54) is 0 Å². The predicted molar refractivity (Wildman–Crippen MR) is 71.5 cm³/mol. The molecule has 1 aliphatic heterocycles. The van der Waals surface area contributed by atoms with Gasteiger partial charge in [0.25, 0.3) is 0 Å². The molecule has 1 saturated carbocycles. The lowest BCUT2D eigenvalue weighted by molar-refractivity contribution is -0.158. The van der Waals surface area contributed by atoms with Gasteiger partial charge in [0.1, 0.15) is 11.6 Å². The summed E-state index contributed by atoms with van der Waals surface area (Å²) in [5, 5.41) is 2.80. The summed E-state index contributed by atoms with van der Waals surface area (Å²) in [4.78, 5) is 26.4. The van der Waals surface area contributed by atoms with Crippen LogP contribution in [0.4, 0.5) is 0 Å². The number of hydrogen-bond acceptors (Lipinski definition) is 3. The van der Waals surface area contributed by atoms with E-state index in [4.69, 9.17) is 4.74 Å². The van der Waals surface area contributed by atoms with Crippen LogP contribution in [0, 0.1) is 5.92 Å². The molecule has 0 bridgehead atoms. The molecule has 5 nitrogen and oxygen atoms in total. The van der Waals surface area contributed by atoms with Crippen molar-refractivity contribution in [2.45, 2.75) is 58.2 Å². The van der Waals surface area contributed by atoms with Crippen molar-refractivity contribution in [3.05, 3.63) is 0 Å². The second-order valence-electron chi connectivity index (χ2n) is 6.03. The first-order chi connectivity index (χ1) is 8.87. The Hall–Kier alpha value is -1.10. The summed E-state index contributed by atoms with van der Waals surface area (Å²) in [7, 11) is 0. The molecule has 2 unspecified atom stereocenters. The van der Waals surface area contributed by atoms with Gasteiger partial charge in [-0.2, -0.15) is 0 Å². The molecular formula is C14H24N2O3. The largest absolute Gasteiger partial charge is 0.377 e. The molecule has 0 radical (unpaired) electrons. The average molecular weight is 268 g/mol. The second kappa shape index (κ2) is 5.12. The summed E-state index contributed by atoms with van der Waals surface area (Å²) in [5.41, 5.74) is -0.691. The Bertz CT molecular complexity index is 379. The number of hydrogen-bond donors (Lipinski definition) is 1. The molecule has 0 spiro atoms. The number of carbonyl (C=O) groups is 2. The Morgan fingerprint density at radius 2 is 2.05 bits per heavy atom. The Kier molecular flexibility index (Phi) is 3.85. The van der Waals surface area contributed by atoms with Gasteiger partial charge < -0.3 is 15.0 Å². The third kappa shape index (κ3) is 2.61. The molecule has 2 rings (SSSR count). The van der Waals surface area contributed by atoms with Crippen LogP contribution in [0.5, 0.6) is 0 Å². The number of nitrogens with one attached hydrogen (secondary N) is 1. The van der Waals surface area contributed by atoms with Crippen LogP contribution in [0.1, 0.15) is 40.5 Å². The number of nitrogens with zero attached hydrogens (tertiary/aromatic N) is 1. The van der Waals surface area contributed by atoms with Gasteiger partial charge in [0, 0.05) is 6.54 Å². The van der Waals surface area contributed by atoms with E-state index in [2.05, 4.69) is 5.32 Å². The molecule has 2 aliphatic rings. The summed E-state index contributed by atoms with van der Waals surface area (Å²) in [6.45, 7) is 8.52. The molecule has 2 atom stereocenters. The SMILES string of the molecule is CC(C)OCCN1C(=O)C(C)NC(=O)C1(C)C1CC1. The van der Waals surface area contributed by atoms with Crippen molar-refractivity contribution in [2.75, 3.05) is 13.2 Å². The number of amides is 2. The van der Waals surface area contributed by atoms with Gasteiger partial charge >= 0.3 is 0 Å². The van der Waals surface area contributed by atoms with Gasteiger partial charge in [0.15, 0.2) is 0 Å². The first-order valence-corrected chi connectivity index (χ1v) is 7.11. The second-order valence-corrected chi connectivity index (χ2v) is 6.03. The highest BCUT2D eigenvalue weighted by Crippen LogP contribution is 2.44. The smallest absolute Gasteiger partial charge is 0.246 e. The zero-order valence-corrected chi connectivity index (χ0v) is 12.2. The fraction of sp³-hybridized carbons (Fsp3) is 0.857. The molecular weight excluding hydrogens is 244 g/mol. The summed E-state index contributed by atoms with van der Waals surface area (Å²) < 4.78 is 5.53. The van der Waals surface area contributed by atoms with E-state index in [1.54, 1.807) is 11.8 Å². The topological polar surface area (TPSA) is 58.6 Å². The van der Waals surface area contributed by atoms with E-state index in [-0.39, 0.29) is 17.9 Å². The van der Waals surface area contributed by atoms with Gasteiger partial charge in [-0.1, -0.05) is 0 Å². The highest BCUT2D eigenvalue weighted by Gasteiger charge is 2.56. The van der Waals surface area contributed by atoms with Crippen LogP contribution in [-0.4, -0.2) is 47.6 Å². The average Bonchev–Trinajstić information content (AvgIpc) is 3.15. The molecule has 1 aliphatic carbocycles. The van der Waals surface area contributed by atoms with Crippen molar-refractivity contribution >= 4 is 11.8 Å². The minimum absolute atomic E-state index is 0.00126. The Labute approximate surface area is 114 Å². The zero-order chi connectivity index (χ0) is 14.2. The van der Waals surface area contributed by atoms with E-state index in [0.29, 0.717) is 19.1 Å². The van der Waals surface area contributed by atoms with Crippen molar-refractivity contribution < 1.29 is 14.3 Å². The molecule has 2 fully saturated rings. The normalized spacial score (nSPS) is 31.8. The third-order valence-corrected chi connectivity index (χ3v) is 4.14. The van der Waals surface area contributed by atoms with Crippen LogP contribution >= 0.6 is 0 Å². The summed E-state index contributed by atoms with van der Waals surface area (Å²) in [6.07, 6.45) is 2.18. The van der Waals surface area contributed by atoms with Gasteiger partial charge in [-0.3, -0.25) is 9.59 Å². The van der Waals surface area contributed by atoms with Crippen LogP contribution in [0.2, 0.25) is 0 Å². The fourth-order valence-corrected chi connectivity index (χ4v) is 2.76. The van der Waals surface area contributed by atoms with E-state index in [9.17, 15) is 9.59 Å². The van der Waals surface area contributed by atoms with Crippen molar-refractivity contribution in [3.63, 3.8) is 0 Å². The third-order valence-electron chi connectivity index (χ3n) is 4.14. The molecule has 108 valence electrons. The van der Waals surface area contributed by atoms with Gasteiger partial charge in [0.2, 0.25) is 11.8 Å². The molecule has 1 heterocycles. The highest BCUT2D eigenvalue weighted by molar-refractivity contribution is 5.99. The van der Waals surface area contributed by atoms with Crippen LogP contribution < -0.4 is 5.32 Å². The minimum atomic E-state index is -0.691. The number of ether oxygens (including phenoxy) is 1. The lowest BCUT2D eigenvalue weighted by atomic mass is 9.88. The Morgan fingerprint density at radius 3 is 2.58 bits per heavy atom. The monoisotopic (exact) mass is 268 g/mol. The molecule has 0 aromatic rings. The van der Waals surface area contributed by atoms with Crippen molar-refractivity contribution in [1.82, 2.24) is 10.2 Å². The predicted octanol–water partition coefficient (Wildman–Crippen LogP) is 0.927. The highest BCUT2D eigenvalue weighted by atomic mass is 16.5. The number of piperazine rings is 1. The quantitative estimate of drug-likeness (QED) is 0.807. The van der Waals surface area contributed by atoms with E-state index in [0.717, 1.165) is 12.8 Å². The number of carbonyl (C=O) groups excluding carboxylic acids is 2. The zero-order valence-electron chi connectivity index (χ0n) is 12.2. The molecule has 1 N–H and O–H groups in total. The van der Waals surface area contributed by atoms with Crippen molar-refractivity contribution in [2.24, 2.45) is 5.92 Å². The maximum atomic E-state index is 12.4. The maximum absolute atomic E-state index is 12.4. The van der Waals surface area contributed by atoms with Crippen molar-refractivity contribution in [1.29, 1.82) is 0 Å². The van der Waals surface area contributed by atoms with Crippen LogP contribution in [0.15, 0.2) is 0 Å². The van der Waals surface area contributed by atoms with Gasteiger partial charge in [-0.25, -0.2) is 0 Å². The van der Waals surface area contributed by atoms with Crippen molar-refractivity contribution in [3.8, 4) is 0 Å². The van der Waals surface area contributed by atoms with E-state index >= 15 is 0 Å². The standard InChI is InChI=1S/C14H24N2O3/c1-9(2)19-8-7-16-12(17)10(3)15-13(18)14(16,4)11-5-6-11/h9-11H,5-8H2,1-4H3,(H,15,18). The molecule has 5 heteroatoms. The lowest BCUT2D eigenvalue weighted by Gasteiger charge is -2.46. The Morgan fingerprint density at radius 1 is 1.42 bits per heavy atom. The van der Waals surface area contributed by atoms with Gasteiger partial charge in [0.05, 0.1) is 12.7 Å². The van der Waals surface area contributed by atoms with Gasteiger partial charge in [-0.05, 0) is 46.5 Å². The van der Waals surface area contributed by atoms with Crippen LogP contribution in [0.3, 0.4) is 0 Å². The van der Waals surface area contributed by atoms with Gasteiger partial charge in [-0.15, -0.1) is 0 Å². The molecule has 0 aromatic carbocycles. The summed E-state index contributed by atoms with van der Waals surface area (Å²) in [6, 6.07) is -0.432. The fourth-order valence-electron chi connectivity index (χ4n) is 2.76. The molecule has 19 heavy (non-hydrogen) atoms. The van der Waals surface area contributed by atoms with Crippen LogP contribution in [-0.2, 0) is 14.3 Å². The summed E-state index contributed by atoms with van der Waals surface area (Å²) in [5.74, 6) is 0.274. The number of rotatable bonds is 5. The minimum Gasteiger partial charge on any atom is -0.377 e. The maximum Gasteiger partial charge on any atom is 0.246 e. The van der Waals surface area contributed by atoms with Crippen LogP contribution in [0.25, 0.3) is 0 Å². The Balaban J connectivity index is 2.12. The first-order valence-electron chi connectivity index (χ1n) is 7.11. The molecule has 2 amide bonds. The first kappa shape index (κ1) is 14.3. The molecule has 1 saturated heterocycles.